The monoisotopic (exact) mass is 807 g/mol. The molecule has 0 aliphatic carbocycles. The van der Waals surface area contributed by atoms with Crippen molar-refractivity contribution in [1.82, 2.24) is 20.0 Å². The van der Waals surface area contributed by atoms with Crippen molar-refractivity contribution in [2.24, 2.45) is 11.8 Å². The summed E-state index contributed by atoms with van der Waals surface area (Å²) in [7, 11) is 0. The van der Waals surface area contributed by atoms with Crippen LogP contribution in [0.1, 0.15) is 69.2 Å². The minimum Gasteiger partial charge on any atom is -0.490 e. The lowest BCUT2D eigenvalue weighted by Crippen LogP contribution is -2.54. The number of piperidine rings is 3. The molecule has 4 unspecified atom stereocenters. The largest absolute Gasteiger partial charge is 0.490 e. The number of carbonyl (C=O) groups is 5. The number of nitrogens with one attached hydrogen (secondary N) is 1. The number of nitrogens with zero attached hydrogens (tertiary/aromatic N) is 6. The van der Waals surface area contributed by atoms with E-state index in [-0.39, 0.29) is 48.9 Å². The molecule has 4 saturated heterocycles. The van der Waals surface area contributed by atoms with Crippen molar-refractivity contribution in [1.29, 1.82) is 5.26 Å². The summed E-state index contributed by atoms with van der Waals surface area (Å²) in [6.07, 6.45) is 1.82. The maximum atomic E-state index is 13.7. The molecule has 0 radical (unpaired) electrons. The Kier molecular flexibility index (Phi) is 11.1. The summed E-state index contributed by atoms with van der Waals surface area (Å²) in [5, 5.41) is 22.0. The van der Waals surface area contributed by atoms with Crippen LogP contribution in [-0.2, 0) is 9.59 Å². The number of hydrogen-bond donors (Lipinski definition) is 2. The third kappa shape index (κ3) is 7.62. The highest BCUT2D eigenvalue weighted by atomic mass is 35.5. The number of aliphatic hydroxyl groups excluding tert-OH is 1. The first-order chi connectivity index (χ1) is 28.0. The Morgan fingerprint density at radius 2 is 1.55 bits per heavy atom. The van der Waals surface area contributed by atoms with Crippen LogP contribution >= 0.6 is 11.6 Å². The van der Waals surface area contributed by atoms with Crippen LogP contribution in [-0.4, -0.2) is 126 Å². The van der Waals surface area contributed by atoms with E-state index < -0.39 is 29.7 Å². The molecule has 3 aromatic rings. The van der Waals surface area contributed by atoms with Gasteiger partial charge in [-0.15, -0.1) is 0 Å². The summed E-state index contributed by atoms with van der Waals surface area (Å²) in [6, 6.07) is 19.5. The molecule has 5 aliphatic rings. The van der Waals surface area contributed by atoms with Crippen molar-refractivity contribution >= 4 is 52.5 Å². The van der Waals surface area contributed by atoms with Gasteiger partial charge >= 0.3 is 0 Å². The molecule has 5 amide bonds. The molecule has 4 fully saturated rings. The number of fused-ring (bicyclic) bond motifs is 1. The lowest BCUT2D eigenvalue weighted by atomic mass is 9.87. The molecule has 0 spiro atoms. The van der Waals surface area contributed by atoms with Crippen molar-refractivity contribution in [2.45, 2.75) is 50.8 Å². The highest BCUT2D eigenvalue weighted by Gasteiger charge is 2.45. The van der Waals surface area contributed by atoms with Gasteiger partial charge in [-0.05, 0) is 73.9 Å². The van der Waals surface area contributed by atoms with Crippen molar-refractivity contribution in [2.75, 3.05) is 68.8 Å². The first kappa shape index (κ1) is 39.3. The molecule has 15 heteroatoms. The number of aliphatic hydroxyl groups is 1. The molecule has 14 nitrogen and oxygen atoms in total. The molecule has 2 N–H and O–H groups in total. The molecular weight excluding hydrogens is 762 g/mol. The summed E-state index contributed by atoms with van der Waals surface area (Å²) in [4.78, 5) is 74.2. The summed E-state index contributed by atoms with van der Waals surface area (Å²) < 4.78 is 6.24. The molecule has 4 atom stereocenters. The van der Waals surface area contributed by atoms with E-state index >= 15 is 0 Å². The predicted octanol–water partition coefficient (Wildman–Crippen LogP) is 3.55. The average molecular weight is 808 g/mol. The van der Waals surface area contributed by atoms with Gasteiger partial charge in [0.1, 0.15) is 24.0 Å². The summed E-state index contributed by atoms with van der Waals surface area (Å²) in [5.41, 5.74) is 3.49. The SMILES string of the molecule is CC1CN(C(=O)c2ccc(N3CCN(C4CCN(c5ccc6c(c5)C(=O)N(C5CCC(=O)NC5=O)C6=O)CC4)CC3)cc2)CC(CO)C1Oc1ccc(C#N)c(Cl)c1. The highest BCUT2D eigenvalue weighted by molar-refractivity contribution is 6.31. The van der Waals surface area contributed by atoms with Gasteiger partial charge in [0, 0.05) is 99.7 Å². The number of nitriles is 1. The fourth-order valence-electron chi connectivity index (χ4n) is 9.22. The fourth-order valence-corrected chi connectivity index (χ4v) is 9.43. The van der Waals surface area contributed by atoms with Gasteiger partial charge in [0.2, 0.25) is 11.8 Å². The van der Waals surface area contributed by atoms with Gasteiger partial charge in [0.05, 0.1) is 28.3 Å². The van der Waals surface area contributed by atoms with E-state index in [2.05, 4.69) is 20.0 Å². The van der Waals surface area contributed by atoms with Crippen molar-refractivity contribution in [3.05, 3.63) is 87.9 Å². The Labute approximate surface area is 341 Å². The Morgan fingerprint density at radius 3 is 2.22 bits per heavy atom. The van der Waals surface area contributed by atoms with E-state index in [4.69, 9.17) is 16.3 Å². The zero-order chi connectivity index (χ0) is 40.7. The van der Waals surface area contributed by atoms with Crippen LogP contribution in [0.5, 0.6) is 5.75 Å². The number of anilines is 2. The van der Waals surface area contributed by atoms with Crippen LogP contribution in [0.25, 0.3) is 0 Å². The van der Waals surface area contributed by atoms with Crippen LogP contribution in [0.3, 0.4) is 0 Å². The number of carbonyl (C=O) groups excluding carboxylic acids is 5. The first-order valence-corrected chi connectivity index (χ1v) is 20.4. The zero-order valence-electron chi connectivity index (χ0n) is 32.3. The number of likely N-dealkylation sites (tertiary alicyclic amines) is 1. The number of ether oxygens (including phenoxy) is 1. The quantitative estimate of drug-likeness (QED) is 0.320. The smallest absolute Gasteiger partial charge is 0.262 e. The molecule has 0 bridgehead atoms. The van der Waals surface area contributed by atoms with Crippen LogP contribution in [0.4, 0.5) is 11.4 Å². The standard InChI is InChI=1S/C43H46ClN7O7/c1-26-23-50(24-29(25-52)39(26)58-33-8-4-28(22-45)36(44)21-33)41(55)27-2-5-30(6-3-27)48-16-18-49(19-17-48)31-12-14-47(15-13-31)32-7-9-34-35(20-32)43(57)51(42(34)56)37-10-11-38(53)46-40(37)54/h2-9,20-21,26,29,31,37,39,52H,10-19,23-25H2,1H3,(H,46,53,54). The number of hydrogen-bond acceptors (Lipinski definition) is 11. The molecule has 8 rings (SSSR count). The molecular formula is C43H46ClN7O7. The topological polar surface area (TPSA) is 167 Å². The summed E-state index contributed by atoms with van der Waals surface area (Å²) in [5.74, 6) is -1.91. The van der Waals surface area contributed by atoms with Gasteiger partial charge in [0.15, 0.2) is 0 Å². The Bertz CT molecular complexity index is 2160. The molecule has 302 valence electrons. The van der Waals surface area contributed by atoms with E-state index in [9.17, 15) is 34.3 Å². The van der Waals surface area contributed by atoms with Gasteiger partial charge in [-0.1, -0.05) is 18.5 Å². The number of imide groups is 2. The molecule has 0 aromatic heterocycles. The fraction of sp³-hybridized carbons (Fsp3) is 0.442. The Morgan fingerprint density at radius 1 is 0.862 bits per heavy atom. The maximum Gasteiger partial charge on any atom is 0.262 e. The normalized spacial score (nSPS) is 24.4. The van der Waals surface area contributed by atoms with Crippen LogP contribution in [0.15, 0.2) is 60.7 Å². The van der Waals surface area contributed by atoms with Crippen LogP contribution < -0.4 is 19.9 Å². The molecule has 5 aliphatic heterocycles. The van der Waals surface area contributed by atoms with Crippen LogP contribution in [0, 0.1) is 23.2 Å². The third-order valence-electron chi connectivity index (χ3n) is 12.4. The van der Waals surface area contributed by atoms with Gasteiger partial charge in [0.25, 0.3) is 17.7 Å². The predicted molar refractivity (Wildman–Crippen MR) is 215 cm³/mol. The van der Waals surface area contributed by atoms with E-state index in [0.717, 1.165) is 68.4 Å². The number of rotatable bonds is 8. The molecule has 0 saturated carbocycles. The lowest BCUT2D eigenvalue weighted by Gasteiger charge is -2.44. The number of piperazine rings is 1. The van der Waals surface area contributed by atoms with Crippen molar-refractivity contribution < 1.29 is 33.8 Å². The van der Waals surface area contributed by atoms with E-state index in [1.54, 1.807) is 35.2 Å². The third-order valence-corrected chi connectivity index (χ3v) is 12.7. The van der Waals surface area contributed by atoms with E-state index in [0.29, 0.717) is 46.6 Å². The van der Waals surface area contributed by atoms with Gasteiger partial charge in [-0.3, -0.25) is 39.1 Å². The molecule has 58 heavy (non-hydrogen) atoms. The minimum absolute atomic E-state index is 0.0522. The van der Waals surface area contributed by atoms with Gasteiger partial charge < -0.3 is 24.5 Å². The van der Waals surface area contributed by atoms with Gasteiger partial charge in [-0.2, -0.15) is 5.26 Å². The van der Waals surface area contributed by atoms with E-state index in [1.165, 1.54) is 0 Å². The molecule has 3 aromatic carbocycles. The Hall–Kier alpha value is -5.49. The number of amides is 5. The zero-order valence-corrected chi connectivity index (χ0v) is 33.1. The lowest BCUT2D eigenvalue weighted by molar-refractivity contribution is -0.136. The molecule has 5 heterocycles. The maximum absolute atomic E-state index is 13.7. The summed E-state index contributed by atoms with van der Waals surface area (Å²) >= 11 is 6.21. The summed E-state index contributed by atoms with van der Waals surface area (Å²) in [6.45, 7) is 7.90. The Balaban J connectivity index is 0.812. The minimum atomic E-state index is -0.983. The highest BCUT2D eigenvalue weighted by Crippen LogP contribution is 2.34. The second kappa shape index (κ2) is 16.4. The van der Waals surface area contributed by atoms with Gasteiger partial charge in [-0.25, -0.2) is 0 Å². The van der Waals surface area contributed by atoms with Crippen molar-refractivity contribution in [3.8, 4) is 11.8 Å². The second-order valence-electron chi connectivity index (χ2n) is 15.9. The number of halogens is 1. The number of benzene rings is 3. The van der Waals surface area contributed by atoms with Crippen LogP contribution in [0.2, 0.25) is 5.02 Å². The van der Waals surface area contributed by atoms with E-state index in [1.807, 2.05) is 43.3 Å². The second-order valence-corrected chi connectivity index (χ2v) is 16.3. The van der Waals surface area contributed by atoms with Crippen molar-refractivity contribution in [3.63, 3.8) is 0 Å². The first-order valence-electron chi connectivity index (χ1n) is 20.0. The average Bonchev–Trinajstić information content (AvgIpc) is 3.49.